The summed E-state index contributed by atoms with van der Waals surface area (Å²) < 4.78 is 13.4. The Hall–Kier alpha value is -1.51. The normalized spacial score (nSPS) is 15.1. The molecule has 21 heavy (non-hydrogen) atoms. The molecule has 1 fully saturated rings. The molecule has 0 spiro atoms. The first-order valence-corrected chi connectivity index (χ1v) is 8.14. The van der Waals surface area contributed by atoms with Gasteiger partial charge in [-0.2, -0.15) is 11.8 Å². The molecule has 0 bridgehead atoms. The van der Waals surface area contributed by atoms with Crippen LogP contribution in [-0.2, 0) is 0 Å². The molecule has 0 atom stereocenters. The van der Waals surface area contributed by atoms with Crippen LogP contribution in [0.3, 0.4) is 0 Å². The smallest absolute Gasteiger partial charge is 0.252 e. The van der Waals surface area contributed by atoms with Crippen molar-refractivity contribution >= 4 is 17.7 Å². The first-order valence-electron chi connectivity index (χ1n) is 6.98. The Balaban J connectivity index is 2.14. The van der Waals surface area contributed by atoms with Gasteiger partial charge in [-0.25, -0.2) is 4.39 Å². The van der Waals surface area contributed by atoms with Crippen LogP contribution in [0.1, 0.15) is 35.2 Å². The van der Waals surface area contributed by atoms with Crippen LogP contribution >= 0.6 is 11.8 Å². The summed E-state index contributed by atoms with van der Waals surface area (Å²) in [5.74, 6) is 6.93. The highest BCUT2D eigenvalue weighted by molar-refractivity contribution is 7.99. The summed E-state index contributed by atoms with van der Waals surface area (Å²) in [6.07, 6.45) is 2.22. The van der Waals surface area contributed by atoms with Crippen LogP contribution in [0.5, 0.6) is 0 Å². The van der Waals surface area contributed by atoms with Crippen molar-refractivity contribution in [2.24, 2.45) is 0 Å². The number of rotatable bonds is 3. The highest BCUT2D eigenvalue weighted by Crippen LogP contribution is 2.18. The van der Waals surface area contributed by atoms with Crippen LogP contribution < -0.4 is 5.32 Å². The molecule has 2 N–H and O–H groups in total. The number of carbonyl (C=O) groups excluding carboxylic acids is 1. The lowest BCUT2D eigenvalue weighted by Crippen LogP contribution is -2.37. The predicted molar refractivity (Wildman–Crippen MR) is 82.8 cm³/mol. The molecule has 1 heterocycles. The van der Waals surface area contributed by atoms with Crippen LogP contribution in [-0.4, -0.2) is 35.2 Å². The number of hydrogen-bond acceptors (Lipinski definition) is 3. The molecule has 1 aromatic rings. The lowest BCUT2D eigenvalue weighted by molar-refractivity contribution is 0.0934. The van der Waals surface area contributed by atoms with Crippen LogP contribution in [0.4, 0.5) is 4.39 Å². The van der Waals surface area contributed by atoms with E-state index >= 15 is 0 Å². The number of amides is 1. The molecule has 2 rings (SSSR count). The maximum atomic E-state index is 13.4. The zero-order valence-corrected chi connectivity index (χ0v) is 12.5. The van der Waals surface area contributed by atoms with Crippen LogP contribution in [0.25, 0.3) is 0 Å². The van der Waals surface area contributed by atoms with Gasteiger partial charge in [0.05, 0.1) is 12.2 Å². The van der Waals surface area contributed by atoms with E-state index in [0.29, 0.717) is 12.0 Å². The molecule has 1 aromatic carbocycles. The molecule has 112 valence electrons. The standard InChI is InChI=1S/C16H18FNO2S/c17-13-5-4-12(3-1-2-8-19)15(11-13)16(20)18-14-6-9-21-10-7-14/h4-5,11,14,19H,2,6-10H2,(H,18,20). The zero-order valence-electron chi connectivity index (χ0n) is 11.7. The first-order chi connectivity index (χ1) is 10.2. The third-order valence-electron chi connectivity index (χ3n) is 3.24. The molecule has 0 unspecified atom stereocenters. The lowest BCUT2D eigenvalue weighted by atomic mass is 10.1. The van der Waals surface area contributed by atoms with Gasteiger partial charge in [-0.1, -0.05) is 11.8 Å². The van der Waals surface area contributed by atoms with Crippen LogP contribution in [0.2, 0.25) is 0 Å². The second kappa shape index (κ2) is 8.06. The largest absolute Gasteiger partial charge is 0.395 e. The van der Waals surface area contributed by atoms with Gasteiger partial charge in [-0.3, -0.25) is 4.79 Å². The van der Waals surface area contributed by atoms with Gasteiger partial charge in [0.25, 0.3) is 5.91 Å². The molecule has 0 saturated carbocycles. The molecule has 0 radical (unpaired) electrons. The van der Waals surface area contributed by atoms with Crippen molar-refractivity contribution in [3.8, 4) is 11.8 Å². The third kappa shape index (κ3) is 4.76. The van der Waals surface area contributed by atoms with Crippen molar-refractivity contribution in [3.05, 3.63) is 35.1 Å². The Labute approximate surface area is 128 Å². The van der Waals surface area contributed by atoms with E-state index < -0.39 is 5.82 Å². The third-order valence-corrected chi connectivity index (χ3v) is 4.29. The fraction of sp³-hybridized carbons (Fsp3) is 0.438. The molecule has 1 saturated heterocycles. The van der Waals surface area contributed by atoms with Gasteiger partial charge in [-0.05, 0) is 42.5 Å². The number of hydrogen-bond donors (Lipinski definition) is 2. The van der Waals surface area contributed by atoms with Crippen molar-refractivity contribution < 1.29 is 14.3 Å². The van der Waals surface area contributed by atoms with Crippen molar-refractivity contribution in [3.63, 3.8) is 0 Å². The zero-order chi connectivity index (χ0) is 15.1. The molecule has 3 nitrogen and oxygen atoms in total. The Morgan fingerprint density at radius 1 is 1.43 bits per heavy atom. The van der Waals surface area contributed by atoms with E-state index in [1.807, 2.05) is 11.8 Å². The van der Waals surface area contributed by atoms with Gasteiger partial charge in [0, 0.05) is 18.0 Å². The molecule has 1 amide bonds. The second-order valence-electron chi connectivity index (χ2n) is 4.83. The topological polar surface area (TPSA) is 49.3 Å². The monoisotopic (exact) mass is 307 g/mol. The van der Waals surface area contributed by atoms with Crippen LogP contribution in [0.15, 0.2) is 18.2 Å². The van der Waals surface area contributed by atoms with E-state index in [1.165, 1.54) is 18.2 Å². The van der Waals surface area contributed by atoms with Crippen molar-refractivity contribution in [2.45, 2.75) is 25.3 Å². The Morgan fingerprint density at radius 2 is 2.19 bits per heavy atom. The van der Waals surface area contributed by atoms with E-state index in [-0.39, 0.29) is 24.1 Å². The molecular weight excluding hydrogens is 289 g/mol. The minimum absolute atomic E-state index is 0.0323. The first kappa shape index (κ1) is 15.9. The van der Waals surface area contributed by atoms with E-state index in [9.17, 15) is 9.18 Å². The summed E-state index contributed by atoms with van der Waals surface area (Å²) in [7, 11) is 0. The minimum Gasteiger partial charge on any atom is -0.395 e. The average molecular weight is 307 g/mol. The number of aliphatic hydroxyl groups excluding tert-OH is 1. The predicted octanol–water partition coefficient (Wildman–Crippen LogP) is 2.19. The van der Waals surface area contributed by atoms with Gasteiger partial charge in [-0.15, -0.1) is 0 Å². The minimum atomic E-state index is -0.452. The number of aliphatic hydroxyl groups is 1. The number of benzene rings is 1. The summed E-state index contributed by atoms with van der Waals surface area (Å²) in [5.41, 5.74) is 0.756. The van der Waals surface area contributed by atoms with E-state index in [1.54, 1.807) is 0 Å². The number of halogens is 1. The van der Waals surface area contributed by atoms with Crippen molar-refractivity contribution in [2.75, 3.05) is 18.1 Å². The molecular formula is C16H18FNO2S. The molecule has 5 heteroatoms. The van der Waals surface area contributed by atoms with E-state index in [2.05, 4.69) is 17.2 Å². The Bertz CT molecular complexity index is 559. The fourth-order valence-corrected chi connectivity index (χ4v) is 3.24. The highest BCUT2D eigenvalue weighted by atomic mass is 32.2. The molecule has 1 aliphatic heterocycles. The molecule has 1 aliphatic rings. The summed E-state index contributed by atoms with van der Waals surface area (Å²) in [5, 5.41) is 11.7. The highest BCUT2D eigenvalue weighted by Gasteiger charge is 2.18. The summed E-state index contributed by atoms with van der Waals surface area (Å²) in [4.78, 5) is 12.3. The molecule has 0 aromatic heterocycles. The number of carbonyl (C=O) groups is 1. The van der Waals surface area contributed by atoms with Gasteiger partial charge in [0.1, 0.15) is 5.82 Å². The summed E-state index contributed by atoms with van der Waals surface area (Å²) in [6.45, 7) is -0.0323. The second-order valence-corrected chi connectivity index (χ2v) is 6.05. The van der Waals surface area contributed by atoms with Gasteiger partial charge in [0.2, 0.25) is 0 Å². The van der Waals surface area contributed by atoms with E-state index in [0.717, 1.165) is 24.3 Å². The SMILES string of the molecule is O=C(NC1CCSCC1)c1cc(F)ccc1C#CCCO. The quantitative estimate of drug-likeness (QED) is 0.842. The Morgan fingerprint density at radius 3 is 2.90 bits per heavy atom. The fourth-order valence-electron chi connectivity index (χ4n) is 2.13. The average Bonchev–Trinajstić information content (AvgIpc) is 2.50. The van der Waals surface area contributed by atoms with Gasteiger partial charge >= 0.3 is 0 Å². The van der Waals surface area contributed by atoms with Crippen molar-refractivity contribution in [1.29, 1.82) is 0 Å². The van der Waals surface area contributed by atoms with Gasteiger partial charge in [0.15, 0.2) is 0 Å². The van der Waals surface area contributed by atoms with Crippen molar-refractivity contribution in [1.82, 2.24) is 5.32 Å². The number of thioether (sulfide) groups is 1. The van der Waals surface area contributed by atoms with Gasteiger partial charge < -0.3 is 10.4 Å². The van der Waals surface area contributed by atoms with E-state index in [4.69, 9.17) is 5.11 Å². The van der Waals surface area contributed by atoms with Crippen LogP contribution in [0, 0.1) is 17.7 Å². The summed E-state index contributed by atoms with van der Waals surface area (Å²) >= 11 is 1.88. The Kier molecular flexibility index (Phi) is 6.09. The maximum absolute atomic E-state index is 13.4. The maximum Gasteiger partial charge on any atom is 0.252 e. The number of nitrogens with one attached hydrogen (secondary N) is 1. The molecule has 0 aliphatic carbocycles. The lowest BCUT2D eigenvalue weighted by Gasteiger charge is -2.22. The summed E-state index contributed by atoms with van der Waals surface area (Å²) in [6, 6.07) is 4.17.